The Bertz CT molecular complexity index is 252. The molecule has 1 rings (SSSR count). The fourth-order valence-corrected chi connectivity index (χ4v) is 1.75. The van der Waals surface area contributed by atoms with Gasteiger partial charge in [-0.15, -0.1) is 11.8 Å². The molecule has 1 unspecified atom stereocenters. The van der Waals surface area contributed by atoms with Crippen molar-refractivity contribution in [1.82, 2.24) is 4.98 Å². The molecule has 0 saturated carbocycles. The summed E-state index contributed by atoms with van der Waals surface area (Å²) in [6.07, 6.45) is 2.14. The van der Waals surface area contributed by atoms with Crippen LogP contribution >= 0.6 is 23.4 Å². The molecule has 0 aromatic carbocycles. The van der Waals surface area contributed by atoms with Crippen molar-refractivity contribution >= 4 is 23.4 Å². The predicted molar refractivity (Wildman–Crippen MR) is 56.3 cm³/mol. The van der Waals surface area contributed by atoms with Gasteiger partial charge in [0.15, 0.2) is 0 Å². The second-order valence-electron chi connectivity index (χ2n) is 2.69. The first-order valence-electron chi connectivity index (χ1n) is 4.14. The highest BCUT2D eigenvalue weighted by Gasteiger charge is 2.02. The third kappa shape index (κ3) is 3.98. The Labute approximate surface area is 87.3 Å². The van der Waals surface area contributed by atoms with E-state index in [9.17, 15) is 5.11 Å². The highest BCUT2D eigenvalue weighted by Crippen LogP contribution is 2.18. The molecule has 0 aliphatic heterocycles. The minimum absolute atomic E-state index is 0.248. The van der Waals surface area contributed by atoms with Gasteiger partial charge in [-0.1, -0.05) is 18.5 Å². The molecule has 0 aliphatic carbocycles. The lowest BCUT2D eigenvalue weighted by Gasteiger charge is -2.05. The Kier molecular flexibility index (Phi) is 4.56. The number of aliphatic hydroxyl groups excluding tert-OH is 1. The number of pyridine rings is 1. The molecule has 0 radical (unpaired) electrons. The number of rotatable bonds is 4. The molecule has 1 aromatic rings. The summed E-state index contributed by atoms with van der Waals surface area (Å²) in [6, 6.07) is 3.66. The fraction of sp³-hybridized carbons (Fsp3) is 0.444. The molecule has 72 valence electrons. The van der Waals surface area contributed by atoms with Crippen LogP contribution in [0.1, 0.15) is 13.3 Å². The van der Waals surface area contributed by atoms with E-state index in [1.165, 1.54) is 0 Å². The quantitative estimate of drug-likeness (QED) is 0.788. The van der Waals surface area contributed by atoms with Gasteiger partial charge in [-0.25, -0.2) is 4.98 Å². The summed E-state index contributed by atoms with van der Waals surface area (Å²) >= 11 is 7.22. The van der Waals surface area contributed by atoms with E-state index in [2.05, 4.69) is 4.98 Å². The second kappa shape index (κ2) is 5.47. The summed E-state index contributed by atoms with van der Waals surface area (Å²) < 4.78 is 0. The maximum absolute atomic E-state index is 9.30. The number of hydrogen-bond acceptors (Lipinski definition) is 3. The summed E-state index contributed by atoms with van der Waals surface area (Å²) in [4.78, 5) is 4.10. The zero-order valence-electron chi connectivity index (χ0n) is 7.40. The van der Waals surface area contributed by atoms with Crippen LogP contribution in [0.2, 0.25) is 5.02 Å². The fourth-order valence-electron chi connectivity index (χ4n) is 0.747. The van der Waals surface area contributed by atoms with Crippen LogP contribution in [0.4, 0.5) is 0 Å². The van der Waals surface area contributed by atoms with Crippen molar-refractivity contribution in [3.63, 3.8) is 0 Å². The number of nitrogens with zero attached hydrogens (tertiary/aromatic N) is 1. The summed E-state index contributed by atoms with van der Waals surface area (Å²) in [5, 5.41) is 10.8. The van der Waals surface area contributed by atoms with Crippen molar-refractivity contribution in [2.75, 3.05) is 5.75 Å². The lowest BCUT2D eigenvalue weighted by molar-refractivity contribution is 0.195. The lowest BCUT2D eigenvalue weighted by atomic mass is 10.3. The van der Waals surface area contributed by atoms with Gasteiger partial charge in [-0.05, 0) is 18.6 Å². The van der Waals surface area contributed by atoms with Gasteiger partial charge < -0.3 is 5.11 Å². The van der Waals surface area contributed by atoms with Crippen LogP contribution in [0.3, 0.4) is 0 Å². The van der Waals surface area contributed by atoms with Crippen LogP contribution in [-0.4, -0.2) is 21.9 Å². The molecule has 13 heavy (non-hydrogen) atoms. The average molecular weight is 218 g/mol. The Hall–Kier alpha value is -0.250. The Morgan fingerprint density at radius 2 is 2.38 bits per heavy atom. The Morgan fingerprint density at radius 1 is 1.62 bits per heavy atom. The van der Waals surface area contributed by atoms with Crippen molar-refractivity contribution in [3.8, 4) is 0 Å². The van der Waals surface area contributed by atoms with E-state index in [1.807, 2.05) is 13.0 Å². The standard InChI is InChI=1S/C9H12ClNOS/c1-2-8(12)6-13-9-4-3-7(10)5-11-9/h3-5,8,12H,2,6H2,1H3. The number of aliphatic hydroxyl groups is 1. The summed E-state index contributed by atoms with van der Waals surface area (Å²) in [5.41, 5.74) is 0. The highest BCUT2D eigenvalue weighted by atomic mass is 35.5. The predicted octanol–water partition coefficient (Wildman–Crippen LogP) is 2.60. The van der Waals surface area contributed by atoms with Gasteiger partial charge in [0, 0.05) is 11.9 Å². The van der Waals surface area contributed by atoms with Crippen molar-refractivity contribution < 1.29 is 5.11 Å². The Morgan fingerprint density at radius 3 is 2.92 bits per heavy atom. The highest BCUT2D eigenvalue weighted by molar-refractivity contribution is 7.99. The van der Waals surface area contributed by atoms with Crippen LogP contribution < -0.4 is 0 Å². The molecule has 0 fully saturated rings. The molecule has 0 saturated heterocycles. The summed E-state index contributed by atoms with van der Waals surface area (Å²) in [5.74, 6) is 0.686. The first-order valence-corrected chi connectivity index (χ1v) is 5.51. The van der Waals surface area contributed by atoms with Crippen LogP contribution in [-0.2, 0) is 0 Å². The van der Waals surface area contributed by atoms with Gasteiger partial charge in [0.25, 0.3) is 0 Å². The van der Waals surface area contributed by atoms with Gasteiger partial charge in [-0.3, -0.25) is 0 Å². The van der Waals surface area contributed by atoms with Gasteiger partial charge in [0.1, 0.15) is 0 Å². The molecule has 0 amide bonds. The van der Waals surface area contributed by atoms with Gasteiger partial charge in [0.05, 0.1) is 16.2 Å². The van der Waals surface area contributed by atoms with Crippen LogP contribution in [0.25, 0.3) is 0 Å². The molecule has 1 atom stereocenters. The third-order valence-electron chi connectivity index (χ3n) is 1.60. The van der Waals surface area contributed by atoms with Gasteiger partial charge >= 0.3 is 0 Å². The van der Waals surface area contributed by atoms with E-state index in [1.54, 1.807) is 24.0 Å². The number of halogens is 1. The SMILES string of the molecule is CCC(O)CSc1ccc(Cl)cn1. The van der Waals surface area contributed by atoms with E-state index in [0.717, 1.165) is 11.4 Å². The molecule has 1 heterocycles. The van der Waals surface area contributed by atoms with E-state index in [-0.39, 0.29) is 6.10 Å². The first kappa shape index (κ1) is 10.8. The topological polar surface area (TPSA) is 33.1 Å². The summed E-state index contributed by atoms with van der Waals surface area (Å²) in [7, 11) is 0. The largest absolute Gasteiger partial charge is 0.392 e. The van der Waals surface area contributed by atoms with Crippen LogP contribution in [0.15, 0.2) is 23.4 Å². The maximum atomic E-state index is 9.30. The number of hydrogen-bond donors (Lipinski definition) is 1. The minimum atomic E-state index is -0.248. The van der Waals surface area contributed by atoms with E-state index >= 15 is 0 Å². The maximum Gasteiger partial charge on any atom is 0.0961 e. The summed E-state index contributed by atoms with van der Waals surface area (Å²) in [6.45, 7) is 1.96. The second-order valence-corrected chi connectivity index (χ2v) is 4.16. The lowest BCUT2D eigenvalue weighted by Crippen LogP contribution is -2.07. The van der Waals surface area contributed by atoms with Gasteiger partial charge in [0.2, 0.25) is 0 Å². The minimum Gasteiger partial charge on any atom is -0.392 e. The number of thioether (sulfide) groups is 1. The molecule has 2 nitrogen and oxygen atoms in total. The molecular formula is C9H12ClNOS. The molecule has 1 aromatic heterocycles. The van der Waals surface area contributed by atoms with Crippen LogP contribution in [0, 0.1) is 0 Å². The molecule has 0 bridgehead atoms. The van der Waals surface area contributed by atoms with Crippen molar-refractivity contribution in [2.45, 2.75) is 24.5 Å². The Balaban J connectivity index is 2.41. The molecule has 1 N–H and O–H groups in total. The van der Waals surface area contributed by atoms with Crippen LogP contribution in [0.5, 0.6) is 0 Å². The molecule has 4 heteroatoms. The third-order valence-corrected chi connectivity index (χ3v) is 2.91. The van der Waals surface area contributed by atoms with E-state index < -0.39 is 0 Å². The average Bonchev–Trinajstić information content (AvgIpc) is 2.16. The monoisotopic (exact) mass is 217 g/mol. The number of aromatic nitrogens is 1. The first-order chi connectivity index (χ1) is 6.22. The van der Waals surface area contributed by atoms with E-state index in [4.69, 9.17) is 11.6 Å². The van der Waals surface area contributed by atoms with Gasteiger partial charge in [-0.2, -0.15) is 0 Å². The molecule has 0 spiro atoms. The van der Waals surface area contributed by atoms with Crippen molar-refractivity contribution in [2.24, 2.45) is 0 Å². The molecule has 0 aliphatic rings. The zero-order valence-corrected chi connectivity index (χ0v) is 8.98. The van der Waals surface area contributed by atoms with Crippen molar-refractivity contribution in [3.05, 3.63) is 23.4 Å². The van der Waals surface area contributed by atoms with Crippen molar-refractivity contribution in [1.29, 1.82) is 0 Å². The van der Waals surface area contributed by atoms with E-state index in [0.29, 0.717) is 10.8 Å². The molecular weight excluding hydrogens is 206 g/mol. The smallest absolute Gasteiger partial charge is 0.0961 e. The normalized spacial score (nSPS) is 12.8. The zero-order chi connectivity index (χ0) is 9.68.